The number of aromatic nitrogens is 2. The first-order valence-electron chi connectivity index (χ1n) is 8.89. The van der Waals surface area contributed by atoms with Crippen molar-refractivity contribution in [2.45, 2.75) is 39.0 Å². The Hall–Kier alpha value is -2.47. The van der Waals surface area contributed by atoms with Gasteiger partial charge in [-0.1, -0.05) is 6.42 Å². The van der Waals surface area contributed by atoms with Gasteiger partial charge in [-0.05, 0) is 50.8 Å². The van der Waals surface area contributed by atoms with Gasteiger partial charge < -0.3 is 4.74 Å². The number of methoxy groups -OCH3 is 1. The third-order valence-electron chi connectivity index (χ3n) is 4.78. The Morgan fingerprint density at radius 3 is 2.85 bits per heavy atom. The molecule has 1 aliphatic rings. The summed E-state index contributed by atoms with van der Waals surface area (Å²) in [5, 5.41) is 4.57. The summed E-state index contributed by atoms with van der Waals surface area (Å²) >= 11 is 1.61. The second-order valence-corrected chi connectivity index (χ2v) is 7.67. The summed E-state index contributed by atoms with van der Waals surface area (Å²) in [6.07, 6.45) is 5.74. The predicted molar refractivity (Wildman–Crippen MR) is 104 cm³/mol. The molecule has 1 aromatic carbocycles. The minimum atomic E-state index is -0.156. The molecule has 26 heavy (non-hydrogen) atoms. The maximum absolute atomic E-state index is 12.8. The monoisotopic (exact) mass is 367 g/mol. The Labute approximate surface area is 156 Å². The molecule has 1 aliphatic carbocycles. The summed E-state index contributed by atoms with van der Waals surface area (Å²) in [7, 11) is 1.63. The zero-order valence-electron chi connectivity index (χ0n) is 15.0. The summed E-state index contributed by atoms with van der Waals surface area (Å²) in [6, 6.07) is 7.55. The average Bonchev–Trinajstić information content (AvgIpc) is 2.88. The summed E-state index contributed by atoms with van der Waals surface area (Å²) in [5.74, 6) is 0.600. The topological polar surface area (TPSA) is 64.1 Å². The molecule has 0 bridgehead atoms. The van der Waals surface area contributed by atoms with E-state index < -0.39 is 0 Å². The second-order valence-electron chi connectivity index (χ2n) is 6.58. The lowest BCUT2D eigenvalue weighted by Gasteiger charge is -2.08. The van der Waals surface area contributed by atoms with Crippen molar-refractivity contribution in [3.8, 4) is 5.75 Å². The maximum Gasteiger partial charge on any atom is 0.259 e. The minimum Gasteiger partial charge on any atom is -0.497 e. The molecule has 0 fully saturated rings. The molecular weight excluding hydrogens is 346 g/mol. The van der Waals surface area contributed by atoms with E-state index in [0.29, 0.717) is 16.4 Å². The quantitative estimate of drug-likeness (QED) is 0.691. The fourth-order valence-electron chi connectivity index (χ4n) is 3.35. The molecule has 0 saturated carbocycles. The van der Waals surface area contributed by atoms with Gasteiger partial charge in [0.25, 0.3) is 5.91 Å². The van der Waals surface area contributed by atoms with Gasteiger partial charge in [-0.15, -0.1) is 11.3 Å². The number of carbonyl (C=O) groups is 1. The van der Waals surface area contributed by atoms with E-state index in [-0.39, 0.29) is 5.91 Å². The van der Waals surface area contributed by atoms with Crippen LogP contribution < -0.4 is 10.1 Å². The van der Waals surface area contributed by atoms with Crippen LogP contribution in [0.5, 0.6) is 5.75 Å². The van der Waals surface area contributed by atoms with Gasteiger partial charge in [0.2, 0.25) is 0 Å². The molecule has 0 spiro atoms. The normalized spacial score (nSPS) is 13.9. The highest BCUT2D eigenvalue weighted by atomic mass is 32.1. The van der Waals surface area contributed by atoms with Gasteiger partial charge in [0.05, 0.1) is 29.6 Å². The Morgan fingerprint density at radius 2 is 2.00 bits per heavy atom. The van der Waals surface area contributed by atoms with E-state index in [1.54, 1.807) is 18.4 Å². The Kier molecular flexibility index (Phi) is 4.59. The van der Waals surface area contributed by atoms with Crippen LogP contribution in [-0.4, -0.2) is 23.0 Å². The second kappa shape index (κ2) is 7.03. The number of carbonyl (C=O) groups excluding carboxylic acids is 1. The van der Waals surface area contributed by atoms with Crippen molar-refractivity contribution in [1.82, 2.24) is 9.97 Å². The number of hydrogen-bond donors (Lipinski definition) is 1. The Bertz CT molecular complexity index is 957. The fraction of sp³-hybridized carbons (Fsp3) is 0.350. The van der Waals surface area contributed by atoms with Crippen LogP contribution >= 0.6 is 11.3 Å². The van der Waals surface area contributed by atoms with E-state index in [1.807, 2.05) is 31.2 Å². The summed E-state index contributed by atoms with van der Waals surface area (Å²) in [5.41, 5.74) is 3.25. The molecule has 3 aromatic rings. The summed E-state index contributed by atoms with van der Waals surface area (Å²) in [6.45, 7) is 1.85. The average molecular weight is 367 g/mol. The van der Waals surface area contributed by atoms with Crippen molar-refractivity contribution in [2.24, 2.45) is 0 Å². The summed E-state index contributed by atoms with van der Waals surface area (Å²) in [4.78, 5) is 23.3. The van der Waals surface area contributed by atoms with Crippen molar-refractivity contribution in [3.63, 3.8) is 0 Å². The molecule has 1 N–H and O–H groups in total. The Morgan fingerprint density at radius 1 is 1.15 bits per heavy atom. The van der Waals surface area contributed by atoms with Gasteiger partial charge in [-0.25, -0.2) is 4.98 Å². The van der Waals surface area contributed by atoms with Crippen LogP contribution in [-0.2, 0) is 12.8 Å². The number of pyridine rings is 1. The zero-order chi connectivity index (χ0) is 18.1. The van der Waals surface area contributed by atoms with Crippen molar-refractivity contribution in [1.29, 1.82) is 0 Å². The number of nitrogens with zero attached hydrogens (tertiary/aromatic N) is 2. The summed E-state index contributed by atoms with van der Waals surface area (Å²) < 4.78 is 5.24. The van der Waals surface area contributed by atoms with E-state index in [9.17, 15) is 4.79 Å². The van der Waals surface area contributed by atoms with E-state index >= 15 is 0 Å². The molecule has 0 unspecified atom stereocenters. The first-order chi connectivity index (χ1) is 12.6. The van der Waals surface area contributed by atoms with Crippen molar-refractivity contribution in [2.75, 3.05) is 12.4 Å². The van der Waals surface area contributed by atoms with Gasteiger partial charge in [0.1, 0.15) is 5.75 Å². The van der Waals surface area contributed by atoms with Crippen LogP contribution in [0.2, 0.25) is 0 Å². The molecule has 2 heterocycles. The van der Waals surface area contributed by atoms with Gasteiger partial charge in [0, 0.05) is 16.3 Å². The molecule has 0 aliphatic heterocycles. The number of benzene rings is 1. The number of rotatable bonds is 3. The van der Waals surface area contributed by atoms with Crippen LogP contribution in [0.3, 0.4) is 0 Å². The fourth-order valence-corrected chi connectivity index (χ4v) is 4.39. The van der Waals surface area contributed by atoms with Crippen LogP contribution in [0.4, 0.5) is 5.13 Å². The smallest absolute Gasteiger partial charge is 0.259 e. The van der Waals surface area contributed by atoms with E-state index in [4.69, 9.17) is 4.74 Å². The zero-order valence-corrected chi connectivity index (χ0v) is 15.8. The third kappa shape index (κ3) is 3.29. The van der Waals surface area contributed by atoms with Gasteiger partial charge in [0.15, 0.2) is 5.13 Å². The van der Waals surface area contributed by atoms with Crippen LogP contribution in [0.1, 0.15) is 45.9 Å². The Balaban J connectivity index is 1.61. The highest BCUT2D eigenvalue weighted by Gasteiger charge is 2.18. The number of fused-ring (bicyclic) bond motifs is 2. The van der Waals surface area contributed by atoms with Crippen molar-refractivity contribution < 1.29 is 9.53 Å². The molecular formula is C20H21N3O2S. The number of ether oxygens (including phenoxy) is 1. The first kappa shape index (κ1) is 17.0. The van der Waals surface area contributed by atoms with Gasteiger partial charge >= 0.3 is 0 Å². The predicted octanol–water partition coefficient (Wildman–Crippen LogP) is 4.53. The van der Waals surface area contributed by atoms with Gasteiger partial charge in [-0.2, -0.15) is 0 Å². The largest absolute Gasteiger partial charge is 0.497 e. The molecule has 0 atom stereocenters. The molecule has 1 amide bonds. The molecule has 6 heteroatoms. The highest BCUT2D eigenvalue weighted by molar-refractivity contribution is 7.15. The van der Waals surface area contributed by atoms with E-state index in [2.05, 4.69) is 15.3 Å². The SMILES string of the molecule is COc1ccc2cc(C(=O)Nc3nc4c(s3)CCCCC4)c(C)nc2c1. The molecule has 134 valence electrons. The van der Waals surface area contributed by atoms with Crippen LogP contribution in [0.15, 0.2) is 24.3 Å². The number of hydrogen-bond acceptors (Lipinski definition) is 5. The minimum absolute atomic E-state index is 0.156. The number of aryl methyl sites for hydroxylation is 3. The maximum atomic E-state index is 12.8. The molecule has 0 radical (unpaired) electrons. The van der Waals surface area contributed by atoms with Gasteiger partial charge in [-0.3, -0.25) is 15.1 Å². The lowest BCUT2D eigenvalue weighted by Crippen LogP contribution is -2.14. The first-order valence-corrected chi connectivity index (χ1v) is 9.71. The van der Waals surface area contributed by atoms with Crippen molar-refractivity contribution in [3.05, 3.63) is 46.1 Å². The number of amides is 1. The molecule has 0 saturated heterocycles. The van der Waals surface area contributed by atoms with E-state index in [0.717, 1.165) is 35.2 Å². The van der Waals surface area contributed by atoms with Crippen LogP contribution in [0, 0.1) is 6.92 Å². The molecule has 5 nitrogen and oxygen atoms in total. The number of thiazole rings is 1. The van der Waals surface area contributed by atoms with E-state index in [1.165, 1.54) is 24.1 Å². The third-order valence-corrected chi connectivity index (χ3v) is 5.85. The number of nitrogens with one attached hydrogen (secondary N) is 1. The van der Waals surface area contributed by atoms with Crippen LogP contribution in [0.25, 0.3) is 10.9 Å². The lowest BCUT2D eigenvalue weighted by molar-refractivity contribution is 0.102. The lowest BCUT2D eigenvalue weighted by atomic mass is 10.1. The highest BCUT2D eigenvalue weighted by Crippen LogP contribution is 2.29. The molecule has 2 aromatic heterocycles. The standard InChI is InChI=1S/C20H21N3O2S/c1-12-15(10-13-8-9-14(25-2)11-17(13)21-12)19(24)23-20-22-16-6-4-3-5-7-18(16)26-20/h8-11H,3-7H2,1-2H3,(H,22,23,24). The number of anilines is 1. The molecule has 4 rings (SSSR count). The van der Waals surface area contributed by atoms with Crippen molar-refractivity contribution >= 4 is 33.3 Å².